The molecule has 10 heavy (non-hydrogen) atoms. The third-order valence-corrected chi connectivity index (χ3v) is 3.80. The van der Waals surface area contributed by atoms with Gasteiger partial charge in [-0.05, 0) is 0 Å². The van der Waals surface area contributed by atoms with Gasteiger partial charge in [0, 0.05) is 5.75 Å². The SMILES string of the molecule is Nc1ncn2c1SCC2Br. The van der Waals surface area contributed by atoms with E-state index in [-0.39, 0.29) is 0 Å². The molecule has 0 fully saturated rings. The van der Waals surface area contributed by atoms with Crippen molar-refractivity contribution in [1.29, 1.82) is 0 Å². The molecule has 1 unspecified atom stereocenters. The van der Waals surface area contributed by atoms with E-state index in [0.717, 1.165) is 10.8 Å². The van der Waals surface area contributed by atoms with E-state index < -0.39 is 0 Å². The maximum absolute atomic E-state index is 5.58. The zero-order valence-electron chi connectivity index (χ0n) is 5.12. The van der Waals surface area contributed by atoms with E-state index >= 15 is 0 Å². The number of fused-ring (bicyclic) bond motifs is 1. The van der Waals surface area contributed by atoms with Gasteiger partial charge in [0.1, 0.15) is 9.98 Å². The summed E-state index contributed by atoms with van der Waals surface area (Å²) in [6.45, 7) is 0. The van der Waals surface area contributed by atoms with Crippen LogP contribution in [0.1, 0.15) is 4.95 Å². The number of aromatic nitrogens is 2. The highest BCUT2D eigenvalue weighted by Crippen LogP contribution is 2.39. The molecule has 0 amide bonds. The van der Waals surface area contributed by atoms with Crippen molar-refractivity contribution in [2.75, 3.05) is 11.5 Å². The van der Waals surface area contributed by atoms with Gasteiger partial charge in [-0.15, -0.1) is 11.8 Å². The summed E-state index contributed by atoms with van der Waals surface area (Å²) in [6, 6.07) is 0. The van der Waals surface area contributed by atoms with Crippen LogP contribution in [0, 0.1) is 0 Å². The average molecular weight is 220 g/mol. The van der Waals surface area contributed by atoms with Crippen LogP contribution in [0.25, 0.3) is 0 Å². The Balaban J connectivity index is 2.53. The highest BCUT2D eigenvalue weighted by atomic mass is 79.9. The van der Waals surface area contributed by atoms with Gasteiger partial charge in [-0.1, -0.05) is 15.9 Å². The van der Waals surface area contributed by atoms with Crippen molar-refractivity contribution in [3.05, 3.63) is 6.33 Å². The lowest BCUT2D eigenvalue weighted by atomic mass is 10.7. The molecule has 1 aliphatic heterocycles. The predicted molar refractivity (Wildman–Crippen MR) is 45.3 cm³/mol. The van der Waals surface area contributed by atoms with Crippen LogP contribution in [0.5, 0.6) is 0 Å². The number of thioether (sulfide) groups is 1. The van der Waals surface area contributed by atoms with Crippen molar-refractivity contribution in [2.45, 2.75) is 9.98 Å². The Morgan fingerprint density at radius 2 is 2.70 bits per heavy atom. The van der Waals surface area contributed by atoms with Crippen LogP contribution in [0.4, 0.5) is 5.82 Å². The minimum Gasteiger partial charge on any atom is -0.381 e. The second-order valence-corrected chi connectivity index (χ2v) is 4.15. The molecule has 0 aromatic carbocycles. The fourth-order valence-electron chi connectivity index (χ4n) is 0.940. The number of halogens is 1. The molecule has 3 nitrogen and oxygen atoms in total. The third-order valence-electron chi connectivity index (χ3n) is 1.43. The van der Waals surface area contributed by atoms with E-state index in [1.165, 1.54) is 0 Å². The molecule has 54 valence electrons. The fraction of sp³-hybridized carbons (Fsp3) is 0.400. The van der Waals surface area contributed by atoms with Gasteiger partial charge in [-0.2, -0.15) is 0 Å². The maximum Gasteiger partial charge on any atom is 0.155 e. The first-order valence-corrected chi connectivity index (χ1v) is 4.78. The van der Waals surface area contributed by atoms with Crippen molar-refractivity contribution >= 4 is 33.5 Å². The van der Waals surface area contributed by atoms with Gasteiger partial charge in [-0.25, -0.2) is 4.98 Å². The number of nitrogen functional groups attached to an aromatic ring is 1. The predicted octanol–water partition coefficient (Wildman–Crippen LogP) is 1.46. The van der Waals surface area contributed by atoms with E-state index in [1.807, 2.05) is 4.57 Å². The van der Waals surface area contributed by atoms with Gasteiger partial charge >= 0.3 is 0 Å². The molecule has 2 N–H and O–H groups in total. The van der Waals surface area contributed by atoms with Gasteiger partial charge in [0.15, 0.2) is 5.82 Å². The summed E-state index contributed by atoms with van der Waals surface area (Å²) in [7, 11) is 0. The minimum atomic E-state index is 0.372. The zero-order chi connectivity index (χ0) is 7.14. The average Bonchev–Trinajstić information content (AvgIpc) is 2.41. The van der Waals surface area contributed by atoms with Crippen molar-refractivity contribution in [3.8, 4) is 0 Å². The molecule has 1 atom stereocenters. The summed E-state index contributed by atoms with van der Waals surface area (Å²) in [4.78, 5) is 4.35. The largest absolute Gasteiger partial charge is 0.381 e. The molecule has 0 spiro atoms. The van der Waals surface area contributed by atoms with E-state index in [0.29, 0.717) is 10.8 Å². The summed E-state index contributed by atoms with van der Waals surface area (Å²) in [6.07, 6.45) is 1.77. The Kier molecular flexibility index (Phi) is 1.42. The first kappa shape index (κ1) is 6.54. The molecule has 0 bridgehead atoms. The molecule has 5 heteroatoms. The van der Waals surface area contributed by atoms with Crippen molar-refractivity contribution in [3.63, 3.8) is 0 Å². The molecule has 0 saturated carbocycles. The van der Waals surface area contributed by atoms with Gasteiger partial charge in [0.05, 0.1) is 6.33 Å². The van der Waals surface area contributed by atoms with Crippen LogP contribution < -0.4 is 5.73 Å². The quantitative estimate of drug-likeness (QED) is 0.673. The number of nitrogens with two attached hydrogens (primary N) is 1. The molecule has 2 rings (SSSR count). The second kappa shape index (κ2) is 2.17. The Bertz CT molecular complexity index is 259. The number of imidazole rings is 1. The molecule has 0 saturated heterocycles. The lowest BCUT2D eigenvalue weighted by molar-refractivity contribution is 0.729. The normalized spacial score (nSPS) is 23.1. The first-order chi connectivity index (χ1) is 4.79. The number of alkyl halides is 1. The van der Waals surface area contributed by atoms with Crippen LogP contribution >= 0.6 is 27.7 Å². The van der Waals surface area contributed by atoms with E-state index in [4.69, 9.17) is 5.73 Å². The topological polar surface area (TPSA) is 43.8 Å². The minimum absolute atomic E-state index is 0.372. The Morgan fingerprint density at radius 3 is 3.40 bits per heavy atom. The monoisotopic (exact) mass is 219 g/mol. The van der Waals surface area contributed by atoms with Crippen LogP contribution in [-0.4, -0.2) is 15.3 Å². The molecule has 2 heterocycles. The number of hydrogen-bond acceptors (Lipinski definition) is 3. The van der Waals surface area contributed by atoms with E-state index in [9.17, 15) is 0 Å². The fourth-order valence-corrected chi connectivity index (χ4v) is 2.76. The summed E-state index contributed by atoms with van der Waals surface area (Å²) in [5, 5.41) is 1.09. The number of nitrogens with zero attached hydrogens (tertiary/aromatic N) is 2. The summed E-state index contributed by atoms with van der Waals surface area (Å²) in [5.74, 6) is 1.69. The lowest BCUT2D eigenvalue weighted by Crippen LogP contribution is -1.94. The standard InChI is InChI=1S/C5H6BrN3S/c6-3-1-10-5-4(7)8-2-9(3)5/h2-3H,1,7H2. The maximum atomic E-state index is 5.58. The van der Waals surface area contributed by atoms with Gasteiger partial charge in [-0.3, -0.25) is 0 Å². The van der Waals surface area contributed by atoms with E-state index in [2.05, 4.69) is 20.9 Å². The molecule has 1 aromatic heterocycles. The van der Waals surface area contributed by atoms with Crippen LogP contribution in [-0.2, 0) is 0 Å². The Hall–Kier alpha value is -0.160. The smallest absolute Gasteiger partial charge is 0.155 e. The van der Waals surface area contributed by atoms with Gasteiger partial charge in [0.25, 0.3) is 0 Å². The van der Waals surface area contributed by atoms with E-state index in [1.54, 1.807) is 18.1 Å². The molecule has 0 radical (unpaired) electrons. The Labute approximate surface area is 71.1 Å². The zero-order valence-corrected chi connectivity index (χ0v) is 7.52. The summed E-state index contributed by atoms with van der Waals surface area (Å²) >= 11 is 5.23. The third kappa shape index (κ3) is 0.769. The van der Waals surface area contributed by atoms with Crippen molar-refractivity contribution in [1.82, 2.24) is 9.55 Å². The van der Waals surface area contributed by atoms with Crippen molar-refractivity contribution in [2.24, 2.45) is 0 Å². The molecular formula is C5H6BrN3S. The van der Waals surface area contributed by atoms with Crippen LogP contribution in [0.3, 0.4) is 0 Å². The molecule has 1 aliphatic rings. The van der Waals surface area contributed by atoms with Gasteiger partial charge < -0.3 is 10.3 Å². The first-order valence-electron chi connectivity index (χ1n) is 2.88. The Morgan fingerprint density at radius 1 is 1.90 bits per heavy atom. The molecule has 0 aliphatic carbocycles. The summed E-state index contributed by atoms with van der Waals surface area (Å²) < 4.78 is 2.04. The highest BCUT2D eigenvalue weighted by molar-refractivity contribution is 9.09. The van der Waals surface area contributed by atoms with Gasteiger partial charge in [0.2, 0.25) is 0 Å². The summed E-state index contributed by atoms with van der Waals surface area (Å²) in [5.41, 5.74) is 5.58. The lowest BCUT2D eigenvalue weighted by Gasteiger charge is -1.98. The van der Waals surface area contributed by atoms with Crippen LogP contribution in [0.15, 0.2) is 11.4 Å². The number of hydrogen-bond donors (Lipinski definition) is 1. The number of rotatable bonds is 0. The number of anilines is 1. The highest BCUT2D eigenvalue weighted by Gasteiger charge is 2.22. The second-order valence-electron chi connectivity index (χ2n) is 2.09. The van der Waals surface area contributed by atoms with Crippen molar-refractivity contribution < 1.29 is 0 Å². The van der Waals surface area contributed by atoms with Crippen LogP contribution in [0.2, 0.25) is 0 Å². The molecular weight excluding hydrogens is 214 g/mol. The molecule has 1 aromatic rings.